The van der Waals surface area contributed by atoms with E-state index in [0.29, 0.717) is 13.0 Å². The van der Waals surface area contributed by atoms with Gasteiger partial charge in [0.1, 0.15) is 6.04 Å². The number of urea groups is 1. The van der Waals surface area contributed by atoms with Crippen molar-refractivity contribution in [1.82, 2.24) is 10.6 Å². The Labute approximate surface area is 125 Å². The molecule has 0 aromatic rings. The van der Waals surface area contributed by atoms with E-state index in [9.17, 15) is 9.59 Å². The Kier molecular flexibility index (Phi) is 7.19. The Morgan fingerprint density at radius 3 is 2.50 bits per heavy atom. The number of carbonyl (C=O) groups excluding carboxylic acids is 1. The summed E-state index contributed by atoms with van der Waals surface area (Å²) in [5, 5.41) is 14.5. The van der Waals surface area contributed by atoms with Crippen molar-refractivity contribution < 1.29 is 14.7 Å². The molecule has 0 bridgehead atoms. The van der Waals surface area contributed by atoms with Crippen molar-refractivity contribution in [3.05, 3.63) is 0 Å². The number of carbonyl (C=O) groups is 2. The summed E-state index contributed by atoms with van der Waals surface area (Å²) < 4.78 is 0.138. The minimum atomic E-state index is -0.964. The quantitative estimate of drug-likeness (QED) is 0.644. The zero-order valence-corrected chi connectivity index (χ0v) is 13.2. The first-order chi connectivity index (χ1) is 9.53. The van der Waals surface area contributed by atoms with Gasteiger partial charge in [-0.05, 0) is 25.5 Å². The molecule has 20 heavy (non-hydrogen) atoms. The van der Waals surface area contributed by atoms with Gasteiger partial charge < -0.3 is 15.7 Å². The molecule has 5 nitrogen and oxygen atoms in total. The molecular formula is C14H26N2O3S. The van der Waals surface area contributed by atoms with Crippen LogP contribution in [0, 0.1) is 0 Å². The van der Waals surface area contributed by atoms with E-state index >= 15 is 0 Å². The van der Waals surface area contributed by atoms with Crippen molar-refractivity contribution in [2.75, 3.05) is 12.8 Å². The van der Waals surface area contributed by atoms with Crippen molar-refractivity contribution in [3.8, 4) is 0 Å². The maximum absolute atomic E-state index is 11.8. The summed E-state index contributed by atoms with van der Waals surface area (Å²) in [6.45, 7) is 2.61. The number of thioether (sulfide) groups is 1. The van der Waals surface area contributed by atoms with E-state index in [4.69, 9.17) is 5.11 Å². The first-order valence-corrected chi connectivity index (χ1v) is 8.58. The molecule has 116 valence electrons. The van der Waals surface area contributed by atoms with Crippen LogP contribution < -0.4 is 10.6 Å². The number of carboxylic acids is 1. The van der Waals surface area contributed by atoms with E-state index in [1.807, 2.05) is 6.92 Å². The molecule has 1 atom stereocenters. The smallest absolute Gasteiger partial charge is 0.326 e. The van der Waals surface area contributed by atoms with Crippen LogP contribution in [0.5, 0.6) is 0 Å². The van der Waals surface area contributed by atoms with E-state index in [2.05, 4.69) is 16.9 Å². The number of nitrogens with one attached hydrogen (secondary N) is 2. The van der Waals surface area contributed by atoms with Gasteiger partial charge in [0.15, 0.2) is 0 Å². The molecular weight excluding hydrogens is 276 g/mol. The number of rotatable bonds is 8. The standard InChI is InChI=1S/C14H26N2O3S/c1-3-4-7-11(12(17)18)16-13(19)15-10-14(20-2)8-5-6-9-14/h11H,3-10H2,1-2H3,(H,17,18)(H2,15,16,19)/t11-/m0/s1. The lowest BCUT2D eigenvalue weighted by Crippen LogP contribution is -2.49. The molecule has 0 spiro atoms. The van der Waals surface area contributed by atoms with Crippen LogP contribution in [-0.2, 0) is 4.79 Å². The molecule has 0 saturated heterocycles. The second kappa shape index (κ2) is 8.39. The van der Waals surface area contributed by atoms with E-state index < -0.39 is 12.0 Å². The molecule has 0 radical (unpaired) electrons. The first kappa shape index (κ1) is 17.1. The van der Waals surface area contributed by atoms with Gasteiger partial charge in [0, 0.05) is 11.3 Å². The summed E-state index contributed by atoms with van der Waals surface area (Å²) in [7, 11) is 0. The number of carboxylic acid groups (broad SMARTS) is 1. The fourth-order valence-corrected chi connectivity index (χ4v) is 3.50. The summed E-state index contributed by atoms with van der Waals surface area (Å²) in [4.78, 5) is 22.9. The van der Waals surface area contributed by atoms with Gasteiger partial charge in [0.2, 0.25) is 0 Å². The third-order valence-electron chi connectivity index (χ3n) is 3.97. The first-order valence-electron chi connectivity index (χ1n) is 7.35. The van der Waals surface area contributed by atoms with E-state index in [0.717, 1.165) is 25.7 Å². The molecule has 0 aromatic carbocycles. The Bertz CT molecular complexity index is 330. The molecule has 0 aliphatic heterocycles. The van der Waals surface area contributed by atoms with Crippen molar-refractivity contribution >= 4 is 23.8 Å². The van der Waals surface area contributed by atoms with E-state index in [-0.39, 0.29) is 10.8 Å². The highest BCUT2D eigenvalue weighted by Gasteiger charge is 2.33. The van der Waals surface area contributed by atoms with Crippen molar-refractivity contribution in [3.63, 3.8) is 0 Å². The Morgan fingerprint density at radius 1 is 1.35 bits per heavy atom. The average molecular weight is 302 g/mol. The Hall–Kier alpha value is -0.910. The number of aliphatic carboxylic acids is 1. The second-order valence-corrected chi connectivity index (χ2v) is 6.73. The zero-order chi connectivity index (χ0) is 15.0. The van der Waals surface area contributed by atoms with Crippen LogP contribution in [0.1, 0.15) is 51.9 Å². The molecule has 0 heterocycles. The highest BCUT2D eigenvalue weighted by molar-refractivity contribution is 8.00. The van der Waals surface area contributed by atoms with Crippen LogP contribution in [0.3, 0.4) is 0 Å². The van der Waals surface area contributed by atoms with Crippen molar-refractivity contribution in [2.45, 2.75) is 62.7 Å². The number of amides is 2. The normalized spacial score (nSPS) is 18.5. The number of unbranched alkanes of at least 4 members (excludes halogenated alkanes) is 1. The third kappa shape index (κ3) is 5.23. The summed E-state index contributed by atoms with van der Waals surface area (Å²) in [5.74, 6) is -0.964. The van der Waals surface area contributed by atoms with Gasteiger partial charge in [-0.2, -0.15) is 11.8 Å². The van der Waals surface area contributed by atoms with Crippen molar-refractivity contribution in [2.24, 2.45) is 0 Å². The summed E-state index contributed by atoms with van der Waals surface area (Å²) >= 11 is 1.80. The maximum atomic E-state index is 11.8. The van der Waals surface area contributed by atoms with Crippen LogP contribution in [0.4, 0.5) is 4.79 Å². The third-order valence-corrected chi connectivity index (χ3v) is 5.39. The lowest BCUT2D eigenvalue weighted by molar-refractivity contribution is -0.139. The second-order valence-electron chi connectivity index (χ2n) is 5.45. The SMILES string of the molecule is CCCC[C@H](NC(=O)NCC1(SC)CCCC1)C(=O)O. The lowest BCUT2D eigenvalue weighted by atomic mass is 10.1. The minimum absolute atomic E-state index is 0.138. The predicted octanol–water partition coefficient (Wildman–Crippen LogP) is 2.60. The van der Waals surface area contributed by atoms with E-state index in [1.165, 1.54) is 12.8 Å². The van der Waals surface area contributed by atoms with Crippen molar-refractivity contribution in [1.29, 1.82) is 0 Å². The Balaban J connectivity index is 2.39. The van der Waals surface area contributed by atoms with Gasteiger partial charge in [0.25, 0.3) is 0 Å². The summed E-state index contributed by atoms with van der Waals surface area (Å²) in [6, 6.07) is -1.16. The fraction of sp³-hybridized carbons (Fsp3) is 0.857. The zero-order valence-electron chi connectivity index (χ0n) is 12.4. The van der Waals surface area contributed by atoms with Crippen LogP contribution in [0.15, 0.2) is 0 Å². The molecule has 0 unspecified atom stereocenters. The van der Waals surface area contributed by atoms with Gasteiger partial charge in [-0.15, -0.1) is 0 Å². The van der Waals surface area contributed by atoms with Gasteiger partial charge in [0.05, 0.1) is 0 Å². The monoisotopic (exact) mass is 302 g/mol. The maximum Gasteiger partial charge on any atom is 0.326 e. The lowest BCUT2D eigenvalue weighted by Gasteiger charge is -2.27. The Morgan fingerprint density at radius 2 is 2.00 bits per heavy atom. The topological polar surface area (TPSA) is 78.4 Å². The largest absolute Gasteiger partial charge is 0.480 e. The molecule has 2 amide bonds. The van der Waals surface area contributed by atoms with Gasteiger partial charge in [-0.25, -0.2) is 9.59 Å². The van der Waals surface area contributed by atoms with Gasteiger partial charge in [-0.3, -0.25) is 0 Å². The van der Waals surface area contributed by atoms with Crippen LogP contribution in [0.25, 0.3) is 0 Å². The summed E-state index contributed by atoms with van der Waals surface area (Å²) in [5.41, 5.74) is 0. The fourth-order valence-electron chi connectivity index (χ4n) is 2.59. The minimum Gasteiger partial charge on any atom is -0.480 e. The molecule has 6 heteroatoms. The summed E-state index contributed by atoms with van der Waals surface area (Å²) in [6.07, 6.45) is 8.92. The number of hydrogen-bond acceptors (Lipinski definition) is 3. The molecule has 1 fully saturated rings. The number of hydrogen-bond donors (Lipinski definition) is 3. The molecule has 1 rings (SSSR count). The van der Waals surface area contributed by atoms with Crippen LogP contribution in [0.2, 0.25) is 0 Å². The van der Waals surface area contributed by atoms with Gasteiger partial charge >= 0.3 is 12.0 Å². The predicted molar refractivity (Wildman–Crippen MR) is 82.2 cm³/mol. The molecule has 1 aliphatic rings. The highest BCUT2D eigenvalue weighted by Crippen LogP contribution is 2.39. The average Bonchev–Trinajstić information content (AvgIpc) is 2.90. The molecule has 1 saturated carbocycles. The highest BCUT2D eigenvalue weighted by atomic mass is 32.2. The van der Waals surface area contributed by atoms with Crippen LogP contribution >= 0.6 is 11.8 Å². The van der Waals surface area contributed by atoms with Crippen LogP contribution in [-0.4, -0.2) is 40.7 Å². The van der Waals surface area contributed by atoms with Gasteiger partial charge in [-0.1, -0.05) is 32.6 Å². The molecule has 3 N–H and O–H groups in total. The molecule has 1 aliphatic carbocycles. The van der Waals surface area contributed by atoms with E-state index in [1.54, 1.807) is 11.8 Å². The molecule has 0 aromatic heterocycles.